The number of nitrogens with two attached hydrogens (primary N) is 1. The Balaban J connectivity index is 1.85. The number of nitrogens with one attached hydrogen (secondary N) is 1. The first-order valence-electron chi connectivity index (χ1n) is 13.8. The lowest BCUT2D eigenvalue weighted by Crippen LogP contribution is -2.65. The number of phenols is 1. The number of alkyl carbamates (subject to hydrolysis) is 1. The molecule has 0 bridgehead atoms. The zero-order valence-electron chi connectivity index (χ0n) is 24.4. The largest absolute Gasteiger partial charge is 0.508 e. The van der Waals surface area contributed by atoms with Gasteiger partial charge in [-0.25, -0.2) is 4.79 Å². The highest BCUT2D eigenvalue weighted by Crippen LogP contribution is 2.54. The summed E-state index contributed by atoms with van der Waals surface area (Å²) in [6, 6.07) is 0.509. The lowest BCUT2D eigenvalue weighted by atomic mass is 9.57. The number of aliphatic hydroxyl groups excluding tert-OH is 2. The molecule has 1 aromatic rings. The molecule has 13 heteroatoms. The highest BCUT2D eigenvalue weighted by molar-refractivity contribution is 6.24. The van der Waals surface area contributed by atoms with Crippen molar-refractivity contribution in [1.29, 1.82) is 0 Å². The van der Waals surface area contributed by atoms with Crippen LogP contribution < -0.4 is 16.0 Å². The van der Waals surface area contributed by atoms with E-state index in [2.05, 4.69) is 5.32 Å². The second kappa shape index (κ2) is 11.3. The molecule has 4 rings (SSSR count). The number of Topliss-reactive ketones (excluding diaryl/α,β-unsaturated/α-hetero) is 2. The summed E-state index contributed by atoms with van der Waals surface area (Å²) < 4.78 is 5.11. The van der Waals surface area contributed by atoms with Crippen LogP contribution in [0.15, 0.2) is 23.0 Å². The number of carbonyl (C=O) groups excluding carboxylic acids is 4. The molecule has 1 aromatic carbocycles. The third kappa shape index (κ3) is 4.75. The second-order valence-electron chi connectivity index (χ2n) is 11.5. The summed E-state index contributed by atoms with van der Waals surface area (Å²) in [6.45, 7) is 2.05. The molecular weight excluding hydrogens is 548 g/mol. The topological polar surface area (TPSA) is 203 Å². The van der Waals surface area contributed by atoms with Gasteiger partial charge in [0.15, 0.2) is 11.4 Å². The maximum Gasteiger partial charge on any atom is 0.407 e. The van der Waals surface area contributed by atoms with Gasteiger partial charge in [0.05, 0.1) is 18.2 Å². The number of benzene rings is 1. The van der Waals surface area contributed by atoms with Crippen molar-refractivity contribution in [2.45, 2.75) is 50.8 Å². The first kappa shape index (κ1) is 30.8. The molecule has 7 N–H and O–H groups in total. The van der Waals surface area contributed by atoms with Crippen molar-refractivity contribution >= 4 is 35.0 Å². The second-order valence-corrected chi connectivity index (χ2v) is 11.5. The van der Waals surface area contributed by atoms with Gasteiger partial charge in [0.25, 0.3) is 5.91 Å². The zero-order valence-corrected chi connectivity index (χ0v) is 24.4. The minimum absolute atomic E-state index is 0.00764. The fourth-order valence-corrected chi connectivity index (χ4v) is 6.41. The minimum Gasteiger partial charge on any atom is -0.508 e. The summed E-state index contributed by atoms with van der Waals surface area (Å²) >= 11 is 0. The van der Waals surface area contributed by atoms with Crippen LogP contribution in [0.2, 0.25) is 0 Å². The van der Waals surface area contributed by atoms with Gasteiger partial charge >= 0.3 is 6.09 Å². The number of anilines is 1. The van der Waals surface area contributed by atoms with Crippen LogP contribution in [0.25, 0.3) is 5.76 Å². The summed E-state index contributed by atoms with van der Waals surface area (Å²) in [7, 11) is 6.62. The number of aliphatic hydroxyl groups is 3. The predicted molar refractivity (Wildman–Crippen MR) is 152 cm³/mol. The molecule has 3 aliphatic rings. The molecule has 42 heavy (non-hydrogen) atoms. The molecule has 0 radical (unpaired) electrons. The third-order valence-electron chi connectivity index (χ3n) is 8.41. The number of hydrogen-bond acceptors (Lipinski definition) is 11. The van der Waals surface area contributed by atoms with E-state index in [4.69, 9.17) is 10.5 Å². The number of primary amides is 1. The number of aromatic hydroxyl groups is 1. The van der Waals surface area contributed by atoms with Crippen LogP contribution in [0.5, 0.6) is 5.75 Å². The van der Waals surface area contributed by atoms with Crippen molar-refractivity contribution in [3.63, 3.8) is 0 Å². The summed E-state index contributed by atoms with van der Waals surface area (Å²) in [5.41, 5.74) is 2.87. The van der Waals surface area contributed by atoms with Crippen LogP contribution in [0.1, 0.15) is 42.9 Å². The Bertz CT molecular complexity index is 1410. The number of amides is 2. The molecule has 1 fully saturated rings. The number of fused-ring (bicyclic) bond motifs is 3. The maximum absolute atomic E-state index is 14.0. The van der Waals surface area contributed by atoms with Crippen molar-refractivity contribution in [2.24, 2.45) is 17.6 Å². The lowest BCUT2D eigenvalue weighted by molar-refractivity contribution is -0.153. The number of ketones is 2. The quantitative estimate of drug-likeness (QED) is 0.188. The van der Waals surface area contributed by atoms with Crippen molar-refractivity contribution in [3.05, 3.63) is 39.7 Å². The number of ether oxygens (including phenoxy) is 1. The van der Waals surface area contributed by atoms with Gasteiger partial charge in [0.1, 0.15) is 22.8 Å². The number of likely N-dealkylation sites (N-methyl/N-ethyl adjacent to an activating group) is 1. The van der Waals surface area contributed by atoms with Crippen LogP contribution >= 0.6 is 0 Å². The van der Waals surface area contributed by atoms with Gasteiger partial charge in [-0.1, -0.05) is 13.3 Å². The van der Waals surface area contributed by atoms with Gasteiger partial charge in [-0.3, -0.25) is 19.3 Å². The fraction of sp³-hybridized carbons (Fsp3) is 0.517. The molecule has 0 spiro atoms. The minimum atomic E-state index is -2.72. The smallest absolute Gasteiger partial charge is 0.407 e. The molecule has 0 aromatic heterocycles. The number of nitrogens with zero attached hydrogens (tertiary/aromatic N) is 2. The van der Waals surface area contributed by atoms with Crippen LogP contribution in [0.4, 0.5) is 10.5 Å². The molecule has 0 aliphatic heterocycles. The van der Waals surface area contributed by atoms with E-state index in [9.17, 15) is 39.6 Å². The Morgan fingerprint density at radius 3 is 2.40 bits per heavy atom. The molecule has 0 saturated heterocycles. The summed E-state index contributed by atoms with van der Waals surface area (Å²) in [6.07, 6.45) is 1.01. The van der Waals surface area contributed by atoms with E-state index < -0.39 is 64.1 Å². The summed E-state index contributed by atoms with van der Waals surface area (Å²) in [4.78, 5) is 54.8. The molecule has 13 nitrogen and oxygen atoms in total. The normalized spacial score (nSPS) is 25.2. The monoisotopic (exact) mass is 586 g/mol. The number of unbranched alkanes of at least 4 members (excludes halogenated alkanes) is 1. The molecule has 3 aliphatic carbocycles. The highest BCUT2D eigenvalue weighted by atomic mass is 16.5. The van der Waals surface area contributed by atoms with E-state index in [0.29, 0.717) is 17.7 Å². The first-order valence-corrected chi connectivity index (χ1v) is 13.8. The van der Waals surface area contributed by atoms with E-state index in [1.807, 2.05) is 6.92 Å². The molecule has 2 amide bonds. The van der Waals surface area contributed by atoms with Crippen LogP contribution in [0.3, 0.4) is 0 Å². The van der Waals surface area contributed by atoms with Gasteiger partial charge < -0.3 is 41.1 Å². The molecule has 0 unspecified atom stereocenters. The van der Waals surface area contributed by atoms with Crippen LogP contribution in [-0.4, -0.2) is 95.3 Å². The van der Waals surface area contributed by atoms with Gasteiger partial charge in [0.2, 0.25) is 5.78 Å². The van der Waals surface area contributed by atoms with Crippen molar-refractivity contribution in [2.75, 3.05) is 39.7 Å². The van der Waals surface area contributed by atoms with E-state index in [-0.39, 0.29) is 48.4 Å². The number of hydrogen-bond donors (Lipinski definition) is 6. The average molecular weight is 587 g/mol. The van der Waals surface area contributed by atoms with E-state index in [1.165, 1.54) is 4.90 Å². The fourth-order valence-electron chi connectivity index (χ4n) is 6.41. The van der Waals surface area contributed by atoms with Crippen molar-refractivity contribution in [1.82, 2.24) is 10.2 Å². The Labute approximate surface area is 243 Å². The van der Waals surface area contributed by atoms with Crippen molar-refractivity contribution in [3.8, 4) is 5.75 Å². The van der Waals surface area contributed by atoms with Crippen LogP contribution in [-0.2, 0) is 32.1 Å². The van der Waals surface area contributed by atoms with E-state index >= 15 is 0 Å². The Morgan fingerprint density at radius 2 is 1.83 bits per heavy atom. The maximum atomic E-state index is 14.0. The summed E-state index contributed by atoms with van der Waals surface area (Å²) in [5, 5.41) is 48.1. The molecular formula is C29H38N4O9. The molecule has 228 valence electrons. The number of phenolic OH excluding ortho intramolecular Hbond substituents is 1. The lowest BCUT2D eigenvalue weighted by Gasteiger charge is -2.50. The summed E-state index contributed by atoms with van der Waals surface area (Å²) in [5.74, 6) is -7.15. The van der Waals surface area contributed by atoms with Gasteiger partial charge in [0, 0.05) is 43.4 Å². The average Bonchev–Trinajstić information content (AvgIpc) is 2.89. The van der Waals surface area contributed by atoms with Gasteiger partial charge in [-0.2, -0.15) is 0 Å². The standard InChI is InChI=1S/C29H38N4O9/c1-6-7-8-42-28(40)31-12-14-11-17(32(2)3)15-9-13-10-16-21(33(4)5)24(36)20(27(30)39)26(38)29(16,41)25(37)18(13)23(35)19(15)22(14)34/h11,13,16,21,34-35,38,41H,6-10,12H2,1-5H3,(H2,30,39)(H,31,40)/t13-,16-,21-,29-/m1/s1. The van der Waals surface area contributed by atoms with E-state index in [0.717, 1.165) is 6.42 Å². The van der Waals surface area contributed by atoms with Crippen LogP contribution in [0, 0.1) is 11.8 Å². The Morgan fingerprint density at radius 1 is 1.17 bits per heavy atom. The molecule has 0 heterocycles. The van der Waals surface area contributed by atoms with Gasteiger partial charge in [-0.05, 0) is 50.9 Å². The Hall–Kier alpha value is -4.10. The van der Waals surface area contributed by atoms with E-state index in [1.54, 1.807) is 39.2 Å². The SMILES string of the molecule is CCCCOC(=O)NCc1cc(N(C)C)c2c(c1O)C(O)=C1C(=O)[C@@]3(O)C(O)=C(C(N)=O)C(=O)[C@H](N(C)C)[C@H]3C[C@H]1C2. The Kier molecular flexibility index (Phi) is 8.29. The van der Waals surface area contributed by atoms with Crippen molar-refractivity contribution < 1.29 is 44.3 Å². The molecule has 1 saturated carbocycles. The number of carbonyl (C=O) groups is 4. The van der Waals surface area contributed by atoms with Gasteiger partial charge in [-0.15, -0.1) is 0 Å². The number of rotatable bonds is 8. The zero-order chi connectivity index (χ0) is 31.3. The predicted octanol–water partition coefficient (Wildman–Crippen LogP) is 1.06. The highest BCUT2D eigenvalue weighted by Gasteiger charge is 2.64. The third-order valence-corrected chi connectivity index (χ3v) is 8.41. The molecule has 4 atom stereocenters. The first-order chi connectivity index (χ1) is 19.7.